The highest BCUT2D eigenvalue weighted by Gasteiger charge is 2.25. The lowest BCUT2D eigenvalue weighted by Gasteiger charge is -2.23. The number of ether oxygens (including phenoxy) is 1. The van der Waals surface area contributed by atoms with E-state index < -0.39 is 12.2 Å². The minimum atomic E-state index is -0.803. The third-order valence-electron chi connectivity index (χ3n) is 3.12. The summed E-state index contributed by atoms with van der Waals surface area (Å²) in [6.07, 6.45) is 0.446. The highest BCUT2D eigenvalue weighted by Crippen LogP contribution is 2.30. The molecule has 0 saturated carbocycles. The minimum Gasteiger partial charge on any atom is -0.488 e. The molecule has 0 aliphatic heterocycles. The molecule has 2 atom stereocenters. The topological polar surface area (TPSA) is 47.3 Å². The van der Waals surface area contributed by atoms with E-state index in [-0.39, 0.29) is 6.04 Å². The summed E-state index contributed by atoms with van der Waals surface area (Å²) in [4.78, 5) is 0. The Morgan fingerprint density at radius 2 is 2.05 bits per heavy atom. The molecule has 2 unspecified atom stereocenters. The molecule has 21 heavy (non-hydrogen) atoms. The second-order valence-corrected chi connectivity index (χ2v) is 6.43. The maximum Gasteiger partial charge on any atom is 0.133 e. The van der Waals surface area contributed by atoms with Crippen LogP contribution in [0.3, 0.4) is 0 Å². The van der Waals surface area contributed by atoms with Crippen molar-refractivity contribution in [3.63, 3.8) is 0 Å². The number of aliphatic hydroxyl groups excluding tert-OH is 1. The second kappa shape index (κ2) is 6.81. The van der Waals surface area contributed by atoms with E-state index in [1.165, 1.54) is 0 Å². The molecule has 1 aromatic heterocycles. The predicted molar refractivity (Wildman–Crippen MR) is 86.8 cm³/mol. The van der Waals surface area contributed by atoms with Gasteiger partial charge in [0.2, 0.25) is 0 Å². The Morgan fingerprint density at radius 3 is 2.67 bits per heavy atom. The first kappa shape index (κ1) is 16.3. The van der Waals surface area contributed by atoms with Crippen molar-refractivity contribution in [3.8, 4) is 5.75 Å². The first-order valence-corrected chi connectivity index (χ1v) is 7.90. The van der Waals surface area contributed by atoms with Crippen LogP contribution in [0.1, 0.15) is 38.6 Å². The van der Waals surface area contributed by atoms with Crippen molar-refractivity contribution >= 4 is 27.5 Å². The molecule has 0 aliphatic carbocycles. The van der Waals surface area contributed by atoms with Crippen LogP contribution in [0.5, 0.6) is 5.75 Å². The molecule has 0 fully saturated rings. The van der Waals surface area contributed by atoms with Gasteiger partial charge in [0.05, 0.1) is 16.4 Å². The molecular weight excluding hydrogens is 356 g/mol. The number of halogens is 2. The van der Waals surface area contributed by atoms with E-state index in [1.807, 2.05) is 32.9 Å². The monoisotopic (exact) mass is 372 g/mol. The van der Waals surface area contributed by atoms with E-state index in [0.29, 0.717) is 16.5 Å². The first-order valence-electron chi connectivity index (χ1n) is 6.73. The summed E-state index contributed by atoms with van der Waals surface area (Å²) < 4.78 is 8.33. The maximum atomic E-state index is 10.6. The van der Waals surface area contributed by atoms with Gasteiger partial charge in [0.25, 0.3) is 0 Å². The summed E-state index contributed by atoms with van der Waals surface area (Å²) >= 11 is 9.37. The summed E-state index contributed by atoms with van der Waals surface area (Å²) in [5, 5.41) is 15.4. The summed E-state index contributed by atoms with van der Waals surface area (Å²) in [5.74, 6) is 0.626. The van der Waals surface area contributed by atoms with Gasteiger partial charge in [0.15, 0.2) is 0 Å². The molecular formula is C15H18BrClN2O2. The minimum absolute atomic E-state index is 0.152. The zero-order valence-corrected chi connectivity index (χ0v) is 14.5. The Bertz CT molecular complexity index is 615. The van der Waals surface area contributed by atoms with Crippen molar-refractivity contribution in [2.75, 3.05) is 0 Å². The molecule has 4 nitrogen and oxygen atoms in total. The quantitative estimate of drug-likeness (QED) is 0.846. The summed E-state index contributed by atoms with van der Waals surface area (Å²) in [5.41, 5.74) is 0.708. The number of rotatable bonds is 5. The van der Waals surface area contributed by atoms with Crippen molar-refractivity contribution in [1.82, 2.24) is 9.78 Å². The Balaban J connectivity index is 2.19. The molecule has 1 heterocycles. The Morgan fingerprint density at radius 1 is 1.33 bits per heavy atom. The van der Waals surface area contributed by atoms with Gasteiger partial charge in [-0.3, -0.25) is 4.68 Å². The normalized spacial score (nSPS) is 14.2. The zero-order valence-electron chi connectivity index (χ0n) is 12.1. The standard InChI is InChI=1S/C15H18BrClN2O2/c1-9(2)19-14(13(16)8-18-19)15(20)10(3)21-12-6-4-5-11(17)7-12/h4-10,15,20H,1-3H3. The molecule has 1 aromatic carbocycles. The fourth-order valence-corrected chi connectivity index (χ4v) is 2.77. The lowest BCUT2D eigenvalue weighted by molar-refractivity contribution is 0.0393. The highest BCUT2D eigenvalue weighted by atomic mass is 79.9. The number of nitrogens with zero attached hydrogens (tertiary/aromatic N) is 2. The van der Waals surface area contributed by atoms with Gasteiger partial charge in [0, 0.05) is 11.1 Å². The van der Waals surface area contributed by atoms with Crippen molar-refractivity contribution in [1.29, 1.82) is 0 Å². The first-order chi connectivity index (χ1) is 9.90. The van der Waals surface area contributed by atoms with Crippen LogP contribution in [0.4, 0.5) is 0 Å². The smallest absolute Gasteiger partial charge is 0.133 e. The van der Waals surface area contributed by atoms with Gasteiger partial charge >= 0.3 is 0 Å². The van der Waals surface area contributed by atoms with E-state index in [0.717, 1.165) is 4.47 Å². The largest absolute Gasteiger partial charge is 0.488 e. The molecule has 1 N–H and O–H groups in total. The van der Waals surface area contributed by atoms with Crippen molar-refractivity contribution < 1.29 is 9.84 Å². The van der Waals surface area contributed by atoms with Crippen LogP contribution in [0, 0.1) is 0 Å². The van der Waals surface area contributed by atoms with Crippen LogP contribution >= 0.6 is 27.5 Å². The fourth-order valence-electron chi connectivity index (χ4n) is 2.08. The molecule has 0 saturated heterocycles. The predicted octanol–water partition coefficient (Wildman–Crippen LogP) is 4.38. The van der Waals surface area contributed by atoms with E-state index in [1.54, 1.807) is 23.0 Å². The molecule has 0 spiro atoms. The third-order valence-corrected chi connectivity index (χ3v) is 3.97. The Labute approximate surface area is 137 Å². The lowest BCUT2D eigenvalue weighted by Crippen LogP contribution is -2.25. The Hall–Kier alpha value is -1.04. The van der Waals surface area contributed by atoms with Crippen molar-refractivity contribution in [3.05, 3.63) is 45.7 Å². The average Bonchev–Trinajstić information content (AvgIpc) is 2.80. The van der Waals surface area contributed by atoms with Crippen LogP contribution < -0.4 is 4.74 Å². The highest BCUT2D eigenvalue weighted by molar-refractivity contribution is 9.10. The van der Waals surface area contributed by atoms with Crippen LogP contribution in [0.15, 0.2) is 34.9 Å². The number of benzene rings is 1. The molecule has 6 heteroatoms. The molecule has 114 valence electrons. The van der Waals surface area contributed by atoms with Gasteiger partial charge in [-0.15, -0.1) is 0 Å². The van der Waals surface area contributed by atoms with Gasteiger partial charge in [-0.1, -0.05) is 17.7 Å². The molecule has 2 rings (SSSR count). The van der Waals surface area contributed by atoms with Gasteiger partial charge in [-0.25, -0.2) is 0 Å². The molecule has 0 radical (unpaired) electrons. The van der Waals surface area contributed by atoms with E-state index in [2.05, 4.69) is 21.0 Å². The van der Waals surface area contributed by atoms with Crippen LogP contribution in [0.2, 0.25) is 5.02 Å². The number of hydrogen-bond donors (Lipinski definition) is 1. The Kier molecular flexibility index (Phi) is 5.30. The van der Waals surface area contributed by atoms with Gasteiger partial charge < -0.3 is 9.84 Å². The molecule has 0 bridgehead atoms. The van der Waals surface area contributed by atoms with Gasteiger partial charge in [-0.05, 0) is 54.9 Å². The van der Waals surface area contributed by atoms with E-state index >= 15 is 0 Å². The zero-order chi connectivity index (χ0) is 15.6. The summed E-state index contributed by atoms with van der Waals surface area (Å²) in [6, 6.07) is 7.27. The SMILES string of the molecule is CC(Oc1cccc(Cl)c1)C(O)c1c(Br)cnn1C(C)C. The maximum absolute atomic E-state index is 10.6. The number of aromatic nitrogens is 2. The fraction of sp³-hybridized carbons (Fsp3) is 0.400. The van der Waals surface area contributed by atoms with Crippen molar-refractivity contribution in [2.45, 2.75) is 39.0 Å². The molecule has 0 amide bonds. The number of aliphatic hydroxyl groups is 1. The summed E-state index contributed by atoms with van der Waals surface area (Å²) in [7, 11) is 0. The van der Waals surface area contributed by atoms with Crippen LogP contribution in [-0.2, 0) is 0 Å². The number of hydrogen-bond acceptors (Lipinski definition) is 3. The molecule has 2 aromatic rings. The van der Waals surface area contributed by atoms with E-state index in [9.17, 15) is 5.11 Å². The van der Waals surface area contributed by atoms with Crippen LogP contribution in [-0.4, -0.2) is 21.0 Å². The summed E-state index contributed by atoms with van der Waals surface area (Å²) in [6.45, 7) is 5.84. The molecule has 0 aliphatic rings. The van der Waals surface area contributed by atoms with Gasteiger partial charge in [0.1, 0.15) is 18.0 Å². The average molecular weight is 374 g/mol. The van der Waals surface area contributed by atoms with Crippen molar-refractivity contribution in [2.24, 2.45) is 0 Å². The lowest BCUT2D eigenvalue weighted by atomic mass is 10.1. The van der Waals surface area contributed by atoms with Gasteiger partial charge in [-0.2, -0.15) is 5.10 Å². The second-order valence-electron chi connectivity index (χ2n) is 5.14. The third kappa shape index (κ3) is 3.78. The van der Waals surface area contributed by atoms with E-state index in [4.69, 9.17) is 16.3 Å². The van der Waals surface area contributed by atoms with Crippen LogP contribution in [0.25, 0.3) is 0 Å².